The van der Waals surface area contributed by atoms with E-state index in [2.05, 4.69) is 16.0 Å². The second-order valence-electron chi connectivity index (χ2n) is 5.46. The normalized spacial score (nSPS) is 29.3. The van der Waals surface area contributed by atoms with Gasteiger partial charge in [0.15, 0.2) is 0 Å². The van der Waals surface area contributed by atoms with Gasteiger partial charge < -0.3 is 9.64 Å². The first kappa shape index (κ1) is 13.3. The first-order valence-electron chi connectivity index (χ1n) is 7.16. The number of pyridine rings is 1. The highest BCUT2D eigenvalue weighted by Gasteiger charge is 2.37. The molecule has 0 aromatic carbocycles. The summed E-state index contributed by atoms with van der Waals surface area (Å²) in [6, 6.07) is 5.71. The van der Waals surface area contributed by atoms with E-state index < -0.39 is 6.17 Å². The minimum atomic E-state index is -0.798. The SMILES string of the molecule is N#Cc1ccc(N(C2CCOC2)[C@@H]2CCC[C@H]2F)nc1. The Bertz CT molecular complexity index is 493. The molecule has 1 saturated heterocycles. The molecule has 1 aromatic rings. The molecule has 0 spiro atoms. The molecule has 3 atom stereocenters. The molecule has 0 N–H and O–H groups in total. The number of hydrogen-bond acceptors (Lipinski definition) is 4. The van der Waals surface area contributed by atoms with Crippen molar-refractivity contribution in [3.8, 4) is 6.07 Å². The number of nitriles is 1. The number of aromatic nitrogens is 1. The van der Waals surface area contributed by atoms with Crippen molar-refractivity contribution in [3.63, 3.8) is 0 Å². The third-order valence-corrected chi connectivity index (χ3v) is 4.20. The van der Waals surface area contributed by atoms with Gasteiger partial charge in [-0.25, -0.2) is 9.37 Å². The monoisotopic (exact) mass is 275 g/mol. The average molecular weight is 275 g/mol. The van der Waals surface area contributed by atoms with Crippen LogP contribution in [-0.2, 0) is 4.74 Å². The number of nitrogens with zero attached hydrogens (tertiary/aromatic N) is 3. The third-order valence-electron chi connectivity index (χ3n) is 4.20. The van der Waals surface area contributed by atoms with Crippen LogP contribution in [0, 0.1) is 11.3 Å². The summed E-state index contributed by atoms with van der Waals surface area (Å²) in [5.74, 6) is 0.758. The van der Waals surface area contributed by atoms with Crippen molar-refractivity contribution in [2.24, 2.45) is 0 Å². The molecular weight excluding hydrogens is 257 g/mol. The fourth-order valence-electron chi connectivity index (χ4n) is 3.18. The highest BCUT2D eigenvalue weighted by molar-refractivity contribution is 5.45. The van der Waals surface area contributed by atoms with Crippen LogP contribution in [0.4, 0.5) is 10.2 Å². The molecular formula is C15H18FN3O. The zero-order valence-corrected chi connectivity index (χ0v) is 11.3. The molecule has 5 heteroatoms. The Kier molecular flexibility index (Phi) is 3.83. The topological polar surface area (TPSA) is 49.2 Å². The van der Waals surface area contributed by atoms with E-state index >= 15 is 0 Å². The quantitative estimate of drug-likeness (QED) is 0.850. The van der Waals surface area contributed by atoms with Crippen molar-refractivity contribution in [2.45, 2.75) is 43.9 Å². The van der Waals surface area contributed by atoms with Crippen LogP contribution in [-0.4, -0.2) is 36.5 Å². The summed E-state index contributed by atoms with van der Waals surface area (Å²) in [6.45, 7) is 1.35. The maximum absolute atomic E-state index is 14.2. The van der Waals surface area contributed by atoms with Crippen LogP contribution in [0.15, 0.2) is 18.3 Å². The highest BCUT2D eigenvalue weighted by Crippen LogP contribution is 2.33. The molecule has 20 heavy (non-hydrogen) atoms. The maximum atomic E-state index is 14.2. The van der Waals surface area contributed by atoms with Gasteiger partial charge in [0.05, 0.1) is 24.3 Å². The van der Waals surface area contributed by atoms with E-state index in [0.29, 0.717) is 18.6 Å². The summed E-state index contributed by atoms with van der Waals surface area (Å²) in [6.07, 6.45) is 4.08. The van der Waals surface area contributed by atoms with E-state index in [0.717, 1.165) is 31.7 Å². The molecule has 2 aliphatic rings. The van der Waals surface area contributed by atoms with Gasteiger partial charge in [-0.05, 0) is 37.8 Å². The molecule has 1 saturated carbocycles. The zero-order valence-electron chi connectivity index (χ0n) is 11.3. The van der Waals surface area contributed by atoms with Gasteiger partial charge >= 0.3 is 0 Å². The fourth-order valence-corrected chi connectivity index (χ4v) is 3.18. The average Bonchev–Trinajstić information content (AvgIpc) is 3.13. The predicted molar refractivity (Wildman–Crippen MR) is 73.2 cm³/mol. The molecule has 4 nitrogen and oxygen atoms in total. The summed E-state index contributed by atoms with van der Waals surface area (Å²) in [7, 11) is 0. The molecule has 0 bridgehead atoms. The zero-order chi connectivity index (χ0) is 13.9. The molecule has 1 aliphatic heterocycles. The smallest absolute Gasteiger partial charge is 0.129 e. The molecule has 1 aromatic heterocycles. The van der Waals surface area contributed by atoms with Crippen molar-refractivity contribution < 1.29 is 9.13 Å². The van der Waals surface area contributed by atoms with Crippen LogP contribution < -0.4 is 4.90 Å². The largest absolute Gasteiger partial charge is 0.379 e. The summed E-state index contributed by atoms with van der Waals surface area (Å²) < 4.78 is 19.6. The molecule has 1 unspecified atom stereocenters. The first-order valence-corrected chi connectivity index (χ1v) is 7.16. The number of alkyl halides is 1. The van der Waals surface area contributed by atoms with Crippen molar-refractivity contribution in [2.75, 3.05) is 18.1 Å². The van der Waals surface area contributed by atoms with E-state index in [9.17, 15) is 4.39 Å². The van der Waals surface area contributed by atoms with Gasteiger partial charge in [0.2, 0.25) is 0 Å². The predicted octanol–water partition coefficient (Wildman–Crippen LogP) is 2.44. The van der Waals surface area contributed by atoms with Crippen molar-refractivity contribution in [1.82, 2.24) is 4.98 Å². The number of rotatable bonds is 3. The van der Waals surface area contributed by atoms with Gasteiger partial charge in [-0.3, -0.25) is 0 Å². The van der Waals surface area contributed by atoms with Crippen LogP contribution >= 0.6 is 0 Å². The van der Waals surface area contributed by atoms with Crippen molar-refractivity contribution >= 4 is 5.82 Å². The standard InChI is InChI=1S/C15H18FN3O/c16-13-2-1-3-14(13)19(12-6-7-20-10-12)15-5-4-11(8-17)9-18-15/h4-5,9,12-14H,1-3,6-7,10H2/t12?,13-,14-/m1/s1. The molecule has 0 amide bonds. The number of halogens is 1. The summed E-state index contributed by atoms with van der Waals surface area (Å²) >= 11 is 0. The Balaban J connectivity index is 1.89. The number of hydrogen-bond donors (Lipinski definition) is 0. The van der Waals surface area contributed by atoms with Gasteiger partial charge in [-0.2, -0.15) is 5.26 Å². The highest BCUT2D eigenvalue weighted by atomic mass is 19.1. The summed E-state index contributed by atoms with van der Waals surface area (Å²) in [5, 5.41) is 8.85. The minimum absolute atomic E-state index is 0.109. The number of ether oxygens (including phenoxy) is 1. The lowest BCUT2D eigenvalue weighted by molar-refractivity contribution is 0.189. The maximum Gasteiger partial charge on any atom is 0.129 e. The van der Waals surface area contributed by atoms with E-state index in [1.807, 2.05) is 6.07 Å². The van der Waals surface area contributed by atoms with Crippen LogP contribution in [0.3, 0.4) is 0 Å². The molecule has 1 aliphatic carbocycles. The molecule has 0 radical (unpaired) electrons. The van der Waals surface area contributed by atoms with Gasteiger partial charge in [0.1, 0.15) is 18.1 Å². The Morgan fingerprint density at radius 1 is 1.35 bits per heavy atom. The minimum Gasteiger partial charge on any atom is -0.379 e. The summed E-state index contributed by atoms with van der Waals surface area (Å²) in [4.78, 5) is 6.44. The molecule has 106 valence electrons. The molecule has 2 heterocycles. The fraction of sp³-hybridized carbons (Fsp3) is 0.600. The lowest BCUT2D eigenvalue weighted by Gasteiger charge is -2.35. The lowest BCUT2D eigenvalue weighted by Crippen LogP contribution is -2.47. The third kappa shape index (κ3) is 2.48. The lowest BCUT2D eigenvalue weighted by atomic mass is 10.1. The van der Waals surface area contributed by atoms with Gasteiger partial charge in [0.25, 0.3) is 0 Å². The number of anilines is 1. The van der Waals surface area contributed by atoms with E-state index in [1.165, 1.54) is 0 Å². The van der Waals surface area contributed by atoms with Gasteiger partial charge in [0, 0.05) is 12.8 Å². The Labute approximate surface area is 118 Å². The van der Waals surface area contributed by atoms with E-state index in [1.54, 1.807) is 12.3 Å². The molecule has 2 fully saturated rings. The first-order chi connectivity index (χ1) is 9.79. The van der Waals surface area contributed by atoms with Crippen LogP contribution in [0.2, 0.25) is 0 Å². The Morgan fingerprint density at radius 2 is 2.25 bits per heavy atom. The van der Waals surface area contributed by atoms with Crippen LogP contribution in [0.1, 0.15) is 31.2 Å². The van der Waals surface area contributed by atoms with Crippen LogP contribution in [0.25, 0.3) is 0 Å². The second-order valence-corrected chi connectivity index (χ2v) is 5.46. The van der Waals surface area contributed by atoms with E-state index in [-0.39, 0.29) is 12.1 Å². The van der Waals surface area contributed by atoms with E-state index in [4.69, 9.17) is 10.00 Å². The molecule has 3 rings (SSSR count). The second kappa shape index (κ2) is 5.76. The Morgan fingerprint density at radius 3 is 2.80 bits per heavy atom. The summed E-state index contributed by atoms with van der Waals surface area (Å²) in [5.41, 5.74) is 0.527. The van der Waals surface area contributed by atoms with Gasteiger partial charge in [-0.15, -0.1) is 0 Å². The Hall–Kier alpha value is -1.67. The van der Waals surface area contributed by atoms with Gasteiger partial charge in [-0.1, -0.05) is 0 Å². The van der Waals surface area contributed by atoms with Crippen molar-refractivity contribution in [3.05, 3.63) is 23.9 Å². The van der Waals surface area contributed by atoms with Crippen LogP contribution in [0.5, 0.6) is 0 Å². The van der Waals surface area contributed by atoms with Crippen molar-refractivity contribution in [1.29, 1.82) is 5.26 Å².